The van der Waals surface area contributed by atoms with Gasteiger partial charge in [0.15, 0.2) is 0 Å². The van der Waals surface area contributed by atoms with E-state index in [1.165, 1.54) is 11.1 Å². The second kappa shape index (κ2) is 5.57. The van der Waals surface area contributed by atoms with Gasteiger partial charge < -0.3 is 5.32 Å². The van der Waals surface area contributed by atoms with Crippen LogP contribution in [0.4, 0.5) is 0 Å². The summed E-state index contributed by atoms with van der Waals surface area (Å²) in [6.07, 6.45) is 3.72. The van der Waals surface area contributed by atoms with E-state index in [1.807, 2.05) is 12.3 Å². The SMILES string of the molecule is CCNC(c1cccnc1)c1csc(Br)c1. The quantitative estimate of drug-likeness (QED) is 0.932. The second-order valence-electron chi connectivity index (χ2n) is 3.46. The van der Waals surface area contributed by atoms with Crippen LogP contribution in [0.15, 0.2) is 39.8 Å². The van der Waals surface area contributed by atoms with Gasteiger partial charge in [-0.3, -0.25) is 4.98 Å². The number of aromatic nitrogens is 1. The largest absolute Gasteiger partial charge is 0.306 e. The first-order chi connectivity index (χ1) is 7.81. The van der Waals surface area contributed by atoms with Crippen molar-refractivity contribution in [2.24, 2.45) is 0 Å². The van der Waals surface area contributed by atoms with E-state index in [9.17, 15) is 0 Å². The summed E-state index contributed by atoms with van der Waals surface area (Å²) < 4.78 is 1.16. The summed E-state index contributed by atoms with van der Waals surface area (Å²) in [5, 5.41) is 5.65. The number of nitrogens with zero attached hydrogens (tertiary/aromatic N) is 1. The van der Waals surface area contributed by atoms with E-state index in [2.05, 4.69) is 50.7 Å². The van der Waals surface area contributed by atoms with E-state index >= 15 is 0 Å². The van der Waals surface area contributed by atoms with Gasteiger partial charge in [-0.2, -0.15) is 0 Å². The molecule has 1 unspecified atom stereocenters. The number of hydrogen-bond acceptors (Lipinski definition) is 3. The molecule has 2 rings (SSSR count). The number of thiophene rings is 1. The summed E-state index contributed by atoms with van der Waals surface area (Å²) in [7, 11) is 0. The summed E-state index contributed by atoms with van der Waals surface area (Å²) in [4.78, 5) is 4.17. The third-order valence-electron chi connectivity index (χ3n) is 2.35. The van der Waals surface area contributed by atoms with Gasteiger partial charge in [0.05, 0.1) is 9.83 Å². The van der Waals surface area contributed by atoms with Gasteiger partial charge in [-0.05, 0) is 51.1 Å². The zero-order valence-corrected chi connectivity index (χ0v) is 11.4. The average Bonchev–Trinajstić information content (AvgIpc) is 2.74. The van der Waals surface area contributed by atoms with Gasteiger partial charge in [0.25, 0.3) is 0 Å². The van der Waals surface area contributed by atoms with Gasteiger partial charge in [0.2, 0.25) is 0 Å². The van der Waals surface area contributed by atoms with Crippen LogP contribution >= 0.6 is 27.3 Å². The number of halogens is 1. The van der Waals surface area contributed by atoms with Crippen LogP contribution in [0.25, 0.3) is 0 Å². The Bertz CT molecular complexity index is 441. The van der Waals surface area contributed by atoms with Crippen molar-refractivity contribution in [2.45, 2.75) is 13.0 Å². The summed E-state index contributed by atoms with van der Waals surface area (Å²) in [5.41, 5.74) is 2.49. The maximum absolute atomic E-state index is 4.17. The van der Waals surface area contributed by atoms with Crippen LogP contribution in [-0.2, 0) is 0 Å². The fourth-order valence-corrected chi connectivity index (χ4v) is 2.86. The minimum Gasteiger partial charge on any atom is -0.306 e. The van der Waals surface area contributed by atoms with Crippen molar-refractivity contribution in [3.63, 3.8) is 0 Å². The van der Waals surface area contributed by atoms with E-state index < -0.39 is 0 Å². The lowest BCUT2D eigenvalue weighted by Gasteiger charge is -2.16. The highest BCUT2D eigenvalue weighted by molar-refractivity contribution is 9.11. The molecule has 2 aromatic heterocycles. The molecule has 0 aliphatic heterocycles. The van der Waals surface area contributed by atoms with E-state index in [0.717, 1.165) is 10.3 Å². The molecule has 84 valence electrons. The van der Waals surface area contributed by atoms with Gasteiger partial charge in [0.1, 0.15) is 0 Å². The molecule has 2 aromatic rings. The highest BCUT2D eigenvalue weighted by Gasteiger charge is 2.14. The summed E-state index contributed by atoms with van der Waals surface area (Å²) in [5.74, 6) is 0. The van der Waals surface area contributed by atoms with Gasteiger partial charge in [-0.1, -0.05) is 13.0 Å². The van der Waals surface area contributed by atoms with Gasteiger partial charge in [-0.15, -0.1) is 11.3 Å². The molecule has 1 atom stereocenters. The molecular formula is C12H13BrN2S. The molecule has 4 heteroatoms. The van der Waals surface area contributed by atoms with Crippen molar-refractivity contribution in [3.8, 4) is 0 Å². The third-order valence-corrected chi connectivity index (χ3v) is 3.87. The Labute approximate surface area is 108 Å². The van der Waals surface area contributed by atoms with Crippen molar-refractivity contribution in [1.29, 1.82) is 0 Å². The lowest BCUT2D eigenvalue weighted by atomic mass is 10.0. The van der Waals surface area contributed by atoms with Crippen molar-refractivity contribution in [3.05, 3.63) is 50.9 Å². The maximum Gasteiger partial charge on any atom is 0.0701 e. The molecule has 0 amide bonds. The lowest BCUT2D eigenvalue weighted by molar-refractivity contribution is 0.630. The summed E-state index contributed by atoms with van der Waals surface area (Å²) in [6, 6.07) is 6.47. The molecule has 0 radical (unpaired) electrons. The smallest absolute Gasteiger partial charge is 0.0701 e. The third kappa shape index (κ3) is 2.70. The van der Waals surface area contributed by atoms with Crippen LogP contribution in [0, 0.1) is 0 Å². The van der Waals surface area contributed by atoms with Crippen molar-refractivity contribution in [1.82, 2.24) is 10.3 Å². The molecular weight excluding hydrogens is 284 g/mol. The fraction of sp³-hybridized carbons (Fsp3) is 0.250. The molecule has 16 heavy (non-hydrogen) atoms. The van der Waals surface area contributed by atoms with Crippen LogP contribution in [0.2, 0.25) is 0 Å². The molecule has 0 saturated heterocycles. The molecule has 0 aliphatic carbocycles. The minimum atomic E-state index is 0.237. The van der Waals surface area contributed by atoms with Crippen molar-refractivity contribution in [2.75, 3.05) is 6.54 Å². The number of pyridine rings is 1. The first-order valence-corrected chi connectivity index (χ1v) is 6.85. The minimum absolute atomic E-state index is 0.237. The predicted octanol–water partition coefficient (Wildman–Crippen LogP) is 3.60. The Morgan fingerprint density at radius 2 is 2.38 bits per heavy atom. The van der Waals surface area contributed by atoms with Crippen molar-refractivity contribution >= 4 is 27.3 Å². The Kier molecular flexibility index (Phi) is 4.09. The molecule has 0 aliphatic rings. The van der Waals surface area contributed by atoms with Crippen LogP contribution in [-0.4, -0.2) is 11.5 Å². The van der Waals surface area contributed by atoms with E-state index in [0.29, 0.717) is 0 Å². The molecule has 0 aromatic carbocycles. The molecule has 0 saturated carbocycles. The summed E-state index contributed by atoms with van der Waals surface area (Å²) in [6.45, 7) is 3.05. The van der Waals surface area contributed by atoms with Gasteiger partial charge in [0, 0.05) is 12.4 Å². The van der Waals surface area contributed by atoms with Gasteiger partial charge in [-0.25, -0.2) is 0 Å². The fourth-order valence-electron chi connectivity index (χ4n) is 1.65. The molecule has 0 bridgehead atoms. The molecule has 2 heterocycles. The molecule has 0 spiro atoms. The highest BCUT2D eigenvalue weighted by atomic mass is 79.9. The topological polar surface area (TPSA) is 24.9 Å². The summed E-state index contributed by atoms with van der Waals surface area (Å²) >= 11 is 5.21. The Morgan fingerprint density at radius 3 is 2.94 bits per heavy atom. The Morgan fingerprint density at radius 1 is 1.50 bits per heavy atom. The molecule has 1 N–H and O–H groups in total. The number of rotatable bonds is 4. The standard InChI is InChI=1S/C12H13BrN2S/c1-2-15-12(9-4-3-5-14-7-9)10-6-11(13)16-8-10/h3-8,12,15H,2H2,1H3. The Hall–Kier alpha value is -0.710. The van der Waals surface area contributed by atoms with E-state index in [-0.39, 0.29) is 6.04 Å². The normalized spacial score (nSPS) is 12.6. The molecule has 2 nitrogen and oxygen atoms in total. The number of nitrogens with one attached hydrogen (secondary N) is 1. The van der Waals surface area contributed by atoms with E-state index in [1.54, 1.807) is 17.5 Å². The van der Waals surface area contributed by atoms with Crippen LogP contribution in [0.1, 0.15) is 24.1 Å². The zero-order valence-electron chi connectivity index (χ0n) is 8.98. The predicted molar refractivity (Wildman–Crippen MR) is 71.8 cm³/mol. The first kappa shape index (κ1) is 11.8. The lowest BCUT2D eigenvalue weighted by Crippen LogP contribution is -2.21. The monoisotopic (exact) mass is 296 g/mol. The highest BCUT2D eigenvalue weighted by Crippen LogP contribution is 2.28. The number of hydrogen-bond donors (Lipinski definition) is 1. The first-order valence-electron chi connectivity index (χ1n) is 5.18. The zero-order chi connectivity index (χ0) is 11.4. The Balaban J connectivity index is 2.31. The van der Waals surface area contributed by atoms with Crippen molar-refractivity contribution < 1.29 is 0 Å². The molecule has 0 fully saturated rings. The van der Waals surface area contributed by atoms with E-state index in [4.69, 9.17) is 0 Å². The average molecular weight is 297 g/mol. The van der Waals surface area contributed by atoms with Crippen LogP contribution < -0.4 is 5.32 Å². The van der Waals surface area contributed by atoms with Crippen LogP contribution in [0.5, 0.6) is 0 Å². The van der Waals surface area contributed by atoms with Crippen LogP contribution in [0.3, 0.4) is 0 Å². The maximum atomic E-state index is 4.17. The van der Waals surface area contributed by atoms with Gasteiger partial charge >= 0.3 is 0 Å². The second-order valence-corrected chi connectivity index (χ2v) is 5.75.